The predicted octanol–water partition coefficient (Wildman–Crippen LogP) is 1.43. The maximum Gasteiger partial charge on any atom is 0.0899 e. The average molecular weight is 216 g/mol. The predicted molar refractivity (Wildman–Crippen MR) is 62.9 cm³/mol. The van der Waals surface area contributed by atoms with Crippen LogP contribution in [0.3, 0.4) is 0 Å². The smallest absolute Gasteiger partial charge is 0.0899 e. The molecule has 0 aliphatic rings. The van der Waals surface area contributed by atoms with Gasteiger partial charge in [0.1, 0.15) is 0 Å². The first kappa shape index (κ1) is 10.8. The van der Waals surface area contributed by atoms with Gasteiger partial charge in [-0.05, 0) is 24.1 Å². The van der Waals surface area contributed by atoms with E-state index in [0.29, 0.717) is 0 Å². The van der Waals surface area contributed by atoms with Crippen LogP contribution in [0.5, 0.6) is 0 Å². The van der Waals surface area contributed by atoms with E-state index in [4.69, 9.17) is 5.73 Å². The quantitative estimate of drug-likeness (QED) is 0.844. The van der Waals surface area contributed by atoms with Crippen LogP contribution in [0.2, 0.25) is 0 Å². The molecule has 2 aromatic rings. The Hall–Kier alpha value is -1.68. The topological polar surface area (TPSA) is 56.7 Å². The van der Waals surface area contributed by atoms with E-state index in [2.05, 4.69) is 23.1 Å². The van der Waals surface area contributed by atoms with E-state index in [0.717, 1.165) is 17.8 Å². The molecular weight excluding hydrogens is 200 g/mol. The molecule has 4 heteroatoms. The van der Waals surface area contributed by atoms with Crippen molar-refractivity contribution in [1.82, 2.24) is 14.8 Å². The lowest BCUT2D eigenvalue weighted by molar-refractivity contribution is 0.659. The van der Waals surface area contributed by atoms with Crippen molar-refractivity contribution in [3.63, 3.8) is 0 Å². The summed E-state index contributed by atoms with van der Waals surface area (Å²) < 4.78 is 1.79. The van der Waals surface area contributed by atoms with Crippen molar-refractivity contribution in [2.24, 2.45) is 12.8 Å². The number of nitrogens with zero attached hydrogens (tertiary/aromatic N) is 3. The highest BCUT2D eigenvalue weighted by molar-refractivity contribution is 5.28. The van der Waals surface area contributed by atoms with E-state index < -0.39 is 0 Å². The van der Waals surface area contributed by atoms with Crippen LogP contribution in [0.25, 0.3) is 0 Å². The molecule has 0 amide bonds. The van der Waals surface area contributed by atoms with E-state index in [1.807, 2.05) is 19.2 Å². The molecule has 2 N–H and O–H groups in total. The molecule has 1 unspecified atom stereocenters. The Bertz CT molecular complexity index is 475. The molecule has 0 fully saturated rings. The van der Waals surface area contributed by atoms with Crippen molar-refractivity contribution in [3.05, 3.63) is 47.5 Å². The molecule has 0 spiro atoms. The number of rotatable bonds is 3. The van der Waals surface area contributed by atoms with Gasteiger partial charge in [0.25, 0.3) is 0 Å². The number of hydrogen-bond donors (Lipinski definition) is 1. The molecule has 0 radical (unpaired) electrons. The van der Waals surface area contributed by atoms with Crippen LogP contribution >= 0.6 is 0 Å². The minimum atomic E-state index is -0.205. The average Bonchev–Trinajstić information content (AvgIpc) is 2.74. The molecule has 84 valence electrons. The lowest BCUT2D eigenvalue weighted by Crippen LogP contribution is -2.18. The van der Waals surface area contributed by atoms with E-state index in [9.17, 15) is 0 Å². The third-order valence-corrected chi connectivity index (χ3v) is 2.78. The van der Waals surface area contributed by atoms with Crippen LogP contribution in [0.15, 0.2) is 30.6 Å². The fraction of sp³-hybridized carbons (Fsp3) is 0.333. The molecule has 0 saturated heterocycles. The second-order valence-electron chi connectivity index (χ2n) is 3.76. The van der Waals surface area contributed by atoms with Crippen molar-refractivity contribution in [2.75, 3.05) is 0 Å². The van der Waals surface area contributed by atoms with E-state index in [1.165, 1.54) is 5.56 Å². The molecule has 2 heterocycles. The summed E-state index contributed by atoms with van der Waals surface area (Å²) in [7, 11) is 1.89. The summed E-state index contributed by atoms with van der Waals surface area (Å²) in [5.41, 5.74) is 9.32. The third-order valence-electron chi connectivity index (χ3n) is 2.78. The molecular formula is C12H16N4. The Labute approximate surface area is 95.1 Å². The minimum absolute atomic E-state index is 0.205. The maximum atomic E-state index is 6.21. The van der Waals surface area contributed by atoms with Crippen LogP contribution in [0.4, 0.5) is 0 Å². The summed E-state index contributed by atoms with van der Waals surface area (Å²) in [5, 5.41) is 4.13. The number of aromatic nitrogens is 3. The van der Waals surface area contributed by atoms with Gasteiger partial charge in [0.05, 0.1) is 17.4 Å². The summed E-state index contributed by atoms with van der Waals surface area (Å²) in [4.78, 5) is 4.38. The molecule has 4 nitrogen and oxygen atoms in total. The second kappa shape index (κ2) is 4.45. The third kappa shape index (κ3) is 1.84. The van der Waals surface area contributed by atoms with Crippen molar-refractivity contribution < 1.29 is 0 Å². The molecule has 0 saturated carbocycles. The van der Waals surface area contributed by atoms with Crippen LogP contribution in [0.1, 0.15) is 29.9 Å². The highest BCUT2D eigenvalue weighted by Crippen LogP contribution is 2.20. The number of pyridine rings is 1. The Morgan fingerprint density at radius 1 is 1.38 bits per heavy atom. The Balaban J connectivity index is 2.41. The fourth-order valence-corrected chi connectivity index (χ4v) is 1.86. The van der Waals surface area contributed by atoms with Gasteiger partial charge in [-0.1, -0.05) is 13.0 Å². The number of nitrogens with two attached hydrogens (primary N) is 1. The van der Waals surface area contributed by atoms with Gasteiger partial charge in [0.15, 0.2) is 0 Å². The van der Waals surface area contributed by atoms with Crippen molar-refractivity contribution in [3.8, 4) is 0 Å². The van der Waals surface area contributed by atoms with Gasteiger partial charge < -0.3 is 5.73 Å². The first-order chi connectivity index (χ1) is 7.74. The minimum Gasteiger partial charge on any atom is -0.318 e. The summed E-state index contributed by atoms with van der Waals surface area (Å²) in [5.74, 6) is 0. The van der Waals surface area contributed by atoms with Crippen LogP contribution in [-0.2, 0) is 13.5 Å². The molecule has 1 atom stereocenters. The molecule has 2 aromatic heterocycles. The van der Waals surface area contributed by atoms with Gasteiger partial charge in [-0.25, -0.2) is 0 Å². The van der Waals surface area contributed by atoms with Gasteiger partial charge in [-0.3, -0.25) is 9.67 Å². The van der Waals surface area contributed by atoms with Gasteiger partial charge in [-0.15, -0.1) is 0 Å². The van der Waals surface area contributed by atoms with Crippen LogP contribution < -0.4 is 5.73 Å². The largest absolute Gasteiger partial charge is 0.318 e. The van der Waals surface area contributed by atoms with E-state index in [-0.39, 0.29) is 6.04 Å². The number of aryl methyl sites for hydroxylation is 2. The van der Waals surface area contributed by atoms with Gasteiger partial charge in [0, 0.05) is 19.4 Å². The first-order valence-electron chi connectivity index (χ1n) is 5.41. The highest BCUT2D eigenvalue weighted by Gasteiger charge is 2.16. The first-order valence-corrected chi connectivity index (χ1v) is 5.41. The lowest BCUT2D eigenvalue weighted by atomic mass is 10.0. The standard InChI is InChI=1S/C12H16N4/c1-3-9-5-4-7-14-12(9)11(13)10-6-8-15-16(10)2/h4-8,11H,3,13H2,1-2H3. The summed E-state index contributed by atoms with van der Waals surface area (Å²) in [6.07, 6.45) is 4.48. The zero-order valence-electron chi connectivity index (χ0n) is 9.59. The van der Waals surface area contributed by atoms with Crippen molar-refractivity contribution in [1.29, 1.82) is 0 Å². The summed E-state index contributed by atoms with van der Waals surface area (Å²) in [6.45, 7) is 2.11. The molecule has 0 bridgehead atoms. The molecule has 2 rings (SSSR count). The normalized spacial score (nSPS) is 12.7. The summed E-state index contributed by atoms with van der Waals surface area (Å²) in [6, 6.07) is 5.74. The molecule has 0 aliphatic heterocycles. The number of hydrogen-bond acceptors (Lipinski definition) is 3. The summed E-state index contributed by atoms with van der Waals surface area (Å²) >= 11 is 0. The van der Waals surface area contributed by atoms with Crippen molar-refractivity contribution in [2.45, 2.75) is 19.4 Å². The van der Waals surface area contributed by atoms with Crippen LogP contribution in [-0.4, -0.2) is 14.8 Å². The molecule has 16 heavy (non-hydrogen) atoms. The van der Waals surface area contributed by atoms with E-state index in [1.54, 1.807) is 17.1 Å². The SMILES string of the molecule is CCc1cccnc1C(N)c1ccnn1C. The highest BCUT2D eigenvalue weighted by atomic mass is 15.3. The zero-order valence-corrected chi connectivity index (χ0v) is 9.59. The zero-order chi connectivity index (χ0) is 11.5. The molecule has 0 aliphatic carbocycles. The fourth-order valence-electron chi connectivity index (χ4n) is 1.86. The lowest BCUT2D eigenvalue weighted by Gasteiger charge is -2.14. The van der Waals surface area contributed by atoms with Crippen molar-refractivity contribution >= 4 is 0 Å². The van der Waals surface area contributed by atoms with Gasteiger partial charge in [0.2, 0.25) is 0 Å². The van der Waals surface area contributed by atoms with Crippen LogP contribution in [0, 0.1) is 0 Å². The molecule has 0 aromatic carbocycles. The van der Waals surface area contributed by atoms with Gasteiger partial charge in [-0.2, -0.15) is 5.10 Å². The second-order valence-corrected chi connectivity index (χ2v) is 3.76. The Kier molecular flexibility index (Phi) is 3.01. The monoisotopic (exact) mass is 216 g/mol. The maximum absolute atomic E-state index is 6.21. The van der Waals surface area contributed by atoms with E-state index >= 15 is 0 Å². The Morgan fingerprint density at radius 3 is 2.81 bits per heavy atom. The Morgan fingerprint density at radius 2 is 2.19 bits per heavy atom. The van der Waals surface area contributed by atoms with Gasteiger partial charge >= 0.3 is 0 Å².